The predicted molar refractivity (Wildman–Crippen MR) is 109 cm³/mol. The van der Waals surface area contributed by atoms with Gasteiger partial charge in [-0.3, -0.25) is 4.79 Å². The Hall–Kier alpha value is -2.17. The van der Waals surface area contributed by atoms with E-state index >= 15 is 0 Å². The molecule has 0 fully saturated rings. The van der Waals surface area contributed by atoms with Gasteiger partial charge in [0, 0.05) is 5.92 Å². The summed E-state index contributed by atoms with van der Waals surface area (Å²) in [5.41, 5.74) is 3.93. The highest BCUT2D eigenvalue weighted by atomic mass is 28.3. The van der Waals surface area contributed by atoms with Crippen molar-refractivity contribution in [3.63, 3.8) is 0 Å². The molecule has 2 aromatic rings. The van der Waals surface area contributed by atoms with Gasteiger partial charge in [0.2, 0.25) is 0 Å². The van der Waals surface area contributed by atoms with Crippen molar-refractivity contribution in [2.75, 3.05) is 7.11 Å². The maximum atomic E-state index is 12.7. The van der Waals surface area contributed by atoms with Crippen LogP contribution in [0.2, 0.25) is 19.6 Å². The lowest BCUT2D eigenvalue weighted by atomic mass is 9.80. The average Bonchev–Trinajstić information content (AvgIpc) is 2.64. The van der Waals surface area contributed by atoms with E-state index in [4.69, 9.17) is 4.74 Å². The number of hydrogen-bond donors (Lipinski definition) is 1. The Morgan fingerprint density at radius 1 is 0.962 bits per heavy atom. The number of carbonyl (C=O) groups excluding carboxylic acids is 1. The summed E-state index contributed by atoms with van der Waals surface area (Å²) in [5.74, 6) is -1.38. The van der Waals surface area contributed by atoms with Crippen LogP contribution in [0.1, 0.15) is 23.1 Å². The molecule has 2 aromatic carbocycles. The molecule has 0 saturated heterocycles. The number of aliphatic hydroxyl groups excluding tert-OH is 1. The fourth-order valence-corrected chi connectivity index (χ4v) is 3.76. The molecule has 1 unspecified atom stereocenters. The van der Waals surface area contributed by atoms with Crippen molar-refractivity contribution in [2.45, 2.75) is 31.7 Å². The van der Waals surface area contributed by atoms with Crippen molar-refractivity contribution in [1.82, 2.24) is 0 Å². The zero-order chi connectivity index (χ0) is 19.2. The summed E-state index contributed by atoms with van der Waals surface area (Å²) in [4.78, 5) is 12.7. The molecule has 0 saturated carbocycles. The summed E-state index contributed by atoms with van der Waals surface area (Å²) < 4.78 is 5.07. The molecule has 26 heavy (non-hydrogen) atoms. The van der Waals surface area contributed by atoms with Gasteiger partial charge in [-0.05, 0) is 11.1 Å². The van der Waals surface area contributed by atoms with E-state index in [0.717, 1.165) is 5.56 Å². The Morgan fingerprint density at radius 3 is 1.92 bits per heavy atom. The second-order valence-corrected chi connectivity index (χ2v) is 12.6. The minimum atomic E-state index is -1.47. The third-order valence-electron chi connectivity index (χ3n) is 4.33. The normalized spacial score (nSPS) is 15.4. The monoisotopic (exact) mass is 368 g/mol. The van der Waals surface area contributed by atoms with Crippen LogP contribution >= 0.6 is 0 Å². The molecule has 0 amide bonds. The molecule has 0 radical (unpaired) electrons. The van der Waals surface area contributed by atoms with Gasteiger partial charge in [-0.15, -0.1) is 0 Å². The van der Waals surface area contributed by atoms with Crippen molar-refractivity contribution in [1.29, 1.82) is 0 Å². The fraction of sp³-hybridized carbons (Fsp3) is 0.318. The first-order valence-corrected chi connectivity index (χ1v) is 12.5. The van der Waals surface area contributed by atoms with Crippen LogP contribution in [-0.2, 0) is 9.53 Å². The van der Waals surface area contributed by atoms with Crippen LogP contribution in [0.5, 0.6) is 0 Å². The topological polar surface area (TPSA) is 46.5 Å². The van der Waals surface area contributed by atoms with E-state index in [-0.39, 0.29) is 5.92 Å². The number of carbonyl (C=O) groups is 1. The van der Waals surface area contributed by atoms with E-state index in [0.29, 0.717) is 5.56 Å². The lowest BCUT2D eigenvalue weighted by molar-refractivity contribution is -0.150. The van der Waals surface area contributed by atoms with Gasteiger partial charge in [-0.25, -0.2) is 0 Å². The van der Waals surface area contributed by atoms with Gasteiger partial charge in [0.15, 0.2) is 0 Å². The van der Waals surface area contributed by atoms with E-state index in [1.54, 1.807) is 0 Å². The Morgan fingerprint density at radius 2 is 1.46 bits per heavy atom. The van der Waals surface area contributed by atoms with Crippen molar-refractivity contribution in [3.8, 4) is 0 Å². The molecule has 3 atom stereocenters. The first-order chi connectivity index (χ1) is 12.3. The predicted octanol–water partition coefficient (Wildman–Crippen LogP) is 4.73. The van der Waals surface area contributed by atoms with Crippen LogP contribution < -0.4 is 0 Å². The molecular formula is C22H28O3Si. The van der Waals surface area contributed by atoms with Crippen molar-refractivity contribution in [3.05, 3.63) is 83.6 Å². The number of rotatable bonds is 7. The van der Waals surface area contributed by atoms with E-state index in [9.17, 15) is 9.90 Å². The largest absolute Gasteiger partial charge is 0.469 e. The second-order valence-electron chi connectivity index (χ2n) is 7.57. The summed E-state index contributed by atoms with van der Waals surface area (Å²) in [5, 5.41) is 11.0. The van der Waals surface area contributed by atoms with Gasteiger partial charge in [-0.1, -0.05) is 92.1 Å². The summed E-state index contributed by atoms with van der Waals surface area (Å²) in [7, 11) is -0.0997. The molecule has 2 rings (SSSR count). The summed E-state index contributed by atoms with van der Waals surface area (Å²) in [6, 6.07) is 19.1. The van der Waals surface area contributed by atoms with Crippen molar-refractivity contribution in [2.24, 2.45) is 5.92 Å². The van der Waals surface area contributed by atoms with Crippen LogP contribution in [0, 0.1) is 5.92 Å². The molecule has 3 nitrogen and oxygen atoms in total. The molecule has 0 aliphatic rings. The maximum absolute atomic E-state index is 12.7. The molecule has 0 aliphatic carbocycles. The Balaban J connectivity index is 2.51. The number of esters is 1. The first kappa shape index (κ1) is 20.1. The quantitative estimate of drug-likeness (QED) is 0.568. The van der Waals surface area contributed by atoms with Gasteiger partial charge < -0.3 is 9.84 Å². The molecule has 0 bridgehead atoms. The highest BCUT2D eigenvalue weighted by Gasteiger charge is 2.36. The zero-order valence-electron chi connectivity index (χ0n) is 15.9. The third kappa shape index (κ3) is 5.41. The summed E-state index contributed by atoms with van der Waals surface area (Å²) in [6.45, 7) is 6.73. The molecule has 138 valence electrons. The highest BCUT2D eigenvalue weighted by molar-refractivity contribution is 6.80. The lowest BCUT2D eigenvalue weighted by Crippen LogP contribution is -2.30. The van der Waals surface area contributed by atoms with Gasteiger partial charge >= 0.3 is 5.97 Å². The second kappa shape index (κ2) is 8.97. The third-order valence-corrected chi connectivity index (χ3v) is 5.52. The van der Waals surface area contributed by atoms with Crippen molar-refractivity contribution >= 4 is 14.0 Å². The Labute approximate surface area is 157 Å². The number of methoxy groups -OCH3 is 1. The highest BCUT2D eigenvalue weighted by Crippen LogP contribution is 2.37. The van der Waals surface area contributed by atoms with Crippen LogP contribution in [0.4, 0.5) is 0 Å². The molecule has 0 spiro atoms. The standard InChI is InChI=1S/C22H28O3Si/c1-25-22(24)20(21(23)18-13-9-6-10-14-18)19(15-16-26(2,3)4)17-11-7-5-8-12-17/h5-16,19-21,23H,1-4H3/b16-15+/t19-,20+,21?/m0/s1. The van der Waals surface area contributed by atoms with Gasteiger partial charge in [-0.2, -0.15) is 0 Å². The summed E-state index contributed by atoms with van der Waals surface area (Å²) >= 11 is 0. The number of hydrogen-bond acceptors (Lipinski definition) is 3. The van der Waals surface area contributed by atoms with E-state index in [1.807, 2.05) is 60.7 Å². The first-order valence-electron chi connectivity index (χ1n) is 8.88. The zero-order valence-corrected chi connectivity index (χ0v) is 16.9. The van der Waals surface area contributed by atoms with Crippen molar-refractivity contribution < 1.29 is 14.6 Å². The van der Waals surface area contributed by atoms with Crippen LogP contribution in [-0.4, -0.2) is 26.3 Å². The SMILES string of the molecule is COC(=O)[C@@H](C(O)c1ccccc1)[C@@H](/C=C/[Si](C)(C)C)c1ccccc1. The molecule has 0 aromatic heterocycles. The average molecular weight is 369 g/mol. The van der Waals surface area contributed by atoms with Crippen LogP contribution in [0.3, 0.4) is 0 Å². The molecule has 1 N–H and O–H groups in total. The molecular weight excluding hydrogens is 340 g/mol. The Kier molecular flexibility index (Phi) is 6.95. The van der Waals surface area contributed by atoms with Crippen LogP contribution in [0.15, 0.2) is 72.4 Å². The molecule has 0 aliphatic heterocycles. The fourth-order valence-electron chi connectivity index (χ4n) is 2.97. The van der Waals surface area contributed by atoms with E-state index in [1.165, 1.54) is 7.11 Å². The molecule has 4 heteroatoms. The van der Waals surface area contributed by atoms with Gasteiger partial charge in [0.25, 0.3) is 0 Å². The number of benzene rings is 2. The number of allylic oxidation sites excluding steroid dienone is 1. The molecule has 0 heterocycles. The maximum Gasteiger partial charge on any atom is 0.312 e. The lowest BCUT2D eigenvalue weighted by Gasteiger charge is -2.28. The number of aliphatic hydroxyl groups is 1. The minimum absolute atomic E-state index is 0.259. The minimum Gasteiger partial charge on any atom is -0.469 e. The van der Waals surface area contributed by atoms with Crippen LogP contribution in [0.25, 0.3) is 0 Å². The van der Waals surface area contributed by atoms with E-state index in [2.05, 4.69) is 31.4 Å². The van der Waals surface area contributed by atoms with E-state index < -0.39 is 26.1 Å². The Bertz CT molecular complexity index is 720. The number of ether oxygens (including phenoxy) is 1. The smallest absolute Gasteiger partial charge is 0.312 e. The van der Waals surface area contributed by atoms with Gasteiger partial charge in [0.1, 0.15) is 0 Å². The van der Waals surface area contributed by atoms with Gasteiger partial charge in [0.05, 0.1) is 27.2 Å². The summed E-state index contributed by atoms with van der Waals surface area (Å²) in [6.07, 6.45) is 1.13.